The molecule has 0 bridgehead atoms. The first-order valence-electron chi connectivity index (χ1n) is 7.49. The Morgan fingerprint density at radius 3 is 2.59 bits per heavy atom. The molecule has 2 aromatic carbocycles. The number of nitrogens with one attached hydrogen (secondary N) is 2. The van der Waals surface area contributed by atoms with Crippen molar-refractivity contribution in [3.05, 3.63) is 48.0 Å². The van der Waals surface area contributed by atoms with Crippen LogP contribution in [0.2, 0.25) is 0 Å². The van der Waals surface area contributed by atoms with E-state index in [9.17, 15) is 9.59 Å². The van der Waals surface area contributed by atoms with Crippen molar-refractivity contribution in [2.45, 2.75) is 32.9 Å². The van der Waals surface area contributed by atoms with Gasteiger partial charge in [-0.1, -0.05) is 56.3 Å². The highest BCUT2D eigenvalue weighted by Gasteiger charge is 2.13. The Hall–Kier alpha value is -2.36. The SMILES string of the molecule is CC(C)C[C@@H]([C]=O)NC(=O)NCc1cccc2ccccc12. The molecule has 4 nitrogen and oxygen atoms in total. The van der Waals surface area contributed by atoms with Crippen LogP contribution >= 0.6 is 0 Å². The molecule has 0 saturated heterocycles. The average molecular weight is 297 g/mol. The molecule has 0 spiro atoms. The van der Waals surface area contributed by atoms with Crippen LogP contribution in [0.1, 0.15) is 25.8 Å². The Morgan fingerprint density at radius 2 is 1.86 bits per heavy atom. The van der Waals surface area contributed by atoms with Crippen molar-refractivity contribution >= 4 is 23.1 Å². The molecule has 0 unspecified atom stereocenters. The van der Waals surface area contributed by atoms with Crippen molar-refractivity contribution < 1.29 is 9.59 Å². The van der Waals surface area contributed by atoms with Crippen LogP contribution in [0, 0.1) is 5.92 Å². The third-order valence-electron chi connectivity index (χ3n) is 3.47. The molecular weight excluding hydrogens is 276 g/mol. The van der Waals surface area contributed by atoms with Gasteiger partial charge in [-0.05, 0) is 28.7 Å². The van der Waals surface area contributed by atoms with Gasteiger partial charge >= 0.3 is 6.03 Å². The minimum atomic E-state index is -0.562. The summed E-state index contributed by atoms with van der Waals surface area (Å²) < 4.78 is 0. The van der Waals surface area contributed by atoms with Crippen LogP contribution in [0.3, 0.4) is 0 Å². The lowest BCUT2D eigenvalue weighted by atomic mass is 10.0. The normalized spacial score (nSPS) is 12.1. The molecule has 2 N–H and O–H groups in total. The van der Waals surface area contributed by atoms with E-state index in [1.807, 2.05) is 62.6 Å². The number of rotatable bonds is 6. The summed E-state index contributed by atoms with van der Waals surface area (Å²) >= 11 is 0. The Morgan fingerprint density at radius 1 is 1.14 bits per heavy atom. The first-order chi connectivity index (χ1) is 10.6. The summed E-state index contributed by atoms with van der Waals surface area (Å²) in [6, 6.07) is 13.1. The number of hydrogen-bond acceptors (Lipinski definition) is 2. The second-order valence-corrected chi connectivity index (χ2v) is 5.77. The average Bonchev–Trinajstić information content (AvgIpc) is 2.51. The van der Waals surface area contributed by atoms with Crippen LogP contribution in [0.4, 0.5) is 4.79 Å². The summed E-state index contributed by atoms with van der Waals surface area (Å²) in [6.45, 7) is 4.42. The zero-order valence-electron chi connectivity index (χ0n) is 12.9. The lowest BCUT2D eigenvalue weighted by molar-refractivity contribution is 0.237. The van der Waals surface area contributed by atoms with Gasteiger partial charge in [0.2, 0.25) is 6.29 Å². The van der Waals surface area contributed by atoms with Crippen LogP contribution in [-0.4, -0.2) is 18.4 Å². The van der Waals surface area contributed by atoms with Crippen molar-refractivity contribution in [3.8, 4) is 0 Å². The summed E-state index contributed by atoms with van der Waals surface area (Å²) in [7, 11) is 0. The molecule has 2 aromatic rings. The van der Waals surface area contributed by atoms with Crippen molar-refractivity contribution in [1.82, 2.24) is 10.6 Å². The lowest BCUT2D eigenvalue weighted by Crippen LogP contribution is -2.43. The number of fused-ring (bicyclic) bond motifs is 1. The Labute approximate surface area is 130 Å². The molecule has 2 rings (SSSR count). The maximum absolute atomic E-state index is 11.9. The van der Waals surface area contributed by atoms with Gasteiger partial charge in [-0.3, -0.25) is 4.79 Å². The summed E-state index contributed by atoms with van der Waals surface area (Å²) in [4.78, 5) is 22.8. The standard InChI is InChI=1S/C18H21N2O2/c1-13(2)10-16(12-21)20-18(22)19-11-15-8-5-7-14-6-3-4-9-17(14)15/h3-9,13,16H,10-11H2,1-2H3,(H2,19,20,22)/t16-/m0/s1. The lowest BCUT2D eigenvalue weighted by Gasteiger charge is -2.15. The predicted molar refractivity (Wildman–Crippen MR) is 88.3 cm³/mol. The van der Waals surface area contributed by atoms with Gasteiger partial charge in [-0.25, -0.2) is 4.79 Å². The number of benzene rings is 2. The Bertz CT molecular complexity index is 647. The van der Waals surface area contributed by atoms with E-state index in [1.165, 1.54) is 0 Å². The van der Waals surface area contributed by atoms with Gasteiger partial charge in [-0.15, -0.1) is 0 Å². The number of urea groups is 1. The fraction of sp³-hybridized carbons (Fsp3) is 0.333. The molecule has 0 heterocycles. The number of hydrogen-bond donors (Lipinski definition) is 2. The van der Waals surface area contributed by atoms with Gasteiger partial charge in [-0.2, -0.15) is 0 Å². The van der Waals surface area contributed by atoms with Gasteiger partial charge in [0.1, 0.15) is 0 Å². The Kier molecular flexibility index (Phi) is 5.53. The maximum Gasteiger partial charge on any atom is 0.315 e. The molecule has 115 valence electrons. The maximum atomic E-state index is 11.9. The third-order valence-corrected chi connectivity index (χ3v) is 3.47. The van der Waals surface area contributed by atoms with Crippen molar-refractivity contribution in [1.29, 1.82) is 0 Å². The monoisotopic (exact) mass is 297 g/mol. The van der Waals surface area contributed by atoms with E-state index in [1.54, 1.807) is 0 Å². The molecule has 0 aliphatic carbocycles. The quantitative estimate of drug-likeness (QED) is 0.860. The summed E-state index contributed by atoms with van der Waals surface area (Å²) in [6.07, 6.45) is 2.46. The summed E-state index contributed by atoms with van der Waals surface area (Å²) in [5, 5.41) is 7.70. The van der Waals surface area contributed by atoms with Crippen molar-refractivity contribution in [2.75, 3.05) is 0 Å². The fourth-order valence-corrected chi connectivity index (χ4v) is 2.44. The summed E-state index contributed by atoms with van der Waals surface area (Å²) in [5.41, 5.74) is 1.05. The van der Waals surface area contributed by atoms with E-state index >= 15 is 0 Å². The van der Waals surface area contributed by atoms with Crippen LogP contribution < -0.4 is 10.6 Å². The molecule has 22 heavy (non-hydrogen) atoms. The smallest absolute Gasteiger partial charge is 0.315 e. The fourth-order valence-electron chi connectivity index (χ4n) is 2.44. The minimum absolute atomic E-state index is 0.324. The number of carbonyl (C=O) groups is 1. The second-order valence-electron chi connectivity index (χ2n) is 5.77. The van der Waals surface area contributed by atoms with Crippen molar-refractivity contribution in [3.63, 3.8) is 0 Å². The van der Waals surface area contributed by atoms with Gasteiger partial charge in [0, 0.05) is 6.54 Å². The first kappa shape index (κ1) is 16.0. The van der Waals surface area contributed by atoms with E-state index in [0.717, 1.165) is 16.3 Å². The van der Waals surface area contributed by atoms with E-state index in [2.05, 4.69) is 10.6 Å². The highest BCUT2D eigenvalue weighted by molar-refractivity contribution is 5.86. The number of amides is 2. The minimum Gasteiger partial charge on any atom is -0.334 e. The summed E-state index contributed by atoms with van der Waals surface area (Å²) in [5.74, 6) is 0.324. The van der Waals surface area contributed by atoms with E-state index in [0.29, 0.717) is 18.9 Å². The van der Waals surface area contributed by atoms with Gasteiger partial charge in [0.15, 0.2) is 0 Å². The molecule has 0 aliphatic rings. The van der Waals surface area contributed by atoms with E-state index in [-0.39, 0.29) is 6.03 Å². The molecule has 4 heteroatoms. The van der Waals surface area contributed by atoms with Crippen molar-refractivity contribution in [2.24, 2.45) is 5.92 Å². The van der Waals surface area contributed by atoms with Gasteiger partial charge in [0.25, 0.3) is 0 Å². The molecule has 0 aliphatic heterocycles. The molecule has 0 fully saturated rings. The zero-order chi connectivity index (χ0) is 15.9. The highest BCUT2D eigenvalue weighted by atomic mass is 16.2. The molecule has 2 amide bonds. The van der Waals surface area contributed by atoms with E-state index < -0.39 is 6.04 Å². The zero-order valence-corrected chi connectivity index (χ0v) is 12.9. The predicted octanol–water partition coefficient (Wildman–Crippen LogP) is 3.16. The topological polar surface area (TPSA) is 58.2 Å². The van der Waals surface area contributed by atoms with Crippen LogP contribution in [0.15, 0.2) is 42.5 Å². The molecule has 0 saturated carbocycles. The Balaban J connectivity index is 1.96. The first-order valence-corrected chi connectivity index (χ1v) is 7.49. The third kappa shape index (κ3) is 4.32. The van der Waals surface area contributed by atoms with Crippen LogP contribution in [0.25, 0.3) is 10.8 Å². The van der Waals surface area contributed by atoms with Crippen LogP contribution in [0.5, 0.6) is 0 Å². The van der Waals surface area contributed by atoms with Gasteiger partial charge in [0.05, 0.1) is 6.04 Å². The van der Waals surface area contributed by atoms with Crippen LogP contribution in [-0.2, 0) is 11.3 Å². The molecule has 1 radical (unpaired) electrons. The second kappa shape index (κ2) is 7.59. The highest BCUT2D eigenvalue weighted by Crippen LogP contribution is 2.18. The molecule has 1 atom stereocenters. The molecular formula is C18H21N2O2. The van der Waals surface area contributed by atoms with Gasteiger partial charge < -0.3 is 10.6 Å². The van der Waals surface area contributed by atoms with E-state index in [4.69, 9.17) is 0 Å². The largest absolute Gasteiger partial charge is 0.334 e. The number of carbonyl (C=O) groups excluding carboxylic acids is 2. The molecule has 0 aromatic heterocycles.